The monoisotopic (exact) mass is 656 g/mol. The molecule has 8 atom stereocenters. The molecule has 2 aliphatic rings. The Balaban J connectivity index is 1.67. The number of esters is 1. The van der Waals surface area contributed by atoms with E-state index in [-0.39, 0.29) is 36.3 Å². The van der Waals surface area contributed by atoms with Crippen molar-refractivity contribution < 1.29 is 29.6 Å². The van der Waals surface area contributed by atoms with Gasteiger partial charge in [0.25, 0.3) is 0 Å². The maximum Gasteiger partial charge on any atom is 0.309 e. The topological polar surface area (TPSA) is 151 Å². The summed E-state index contributed by atoms with van der Waals surface area (Å²) in [7, 11) is 0. The molecular weight excluding hydrogens is 604 g/mol. The lowest BCUT2D eigenvalue weighted by atomic mass is 9.73. The lowest BCUT2D eigenvalue weighted by Gasteiger charge is -2.34. The van der Waals surface area contributed by atoms with E-state index < -0.39 is 35.6 Å². The minimum atomic E-state index is -1.29. The Kier molecular flexibility index (Phi) is 11.5. The number of nitrogen functional groups attached to an aromatic ring is 1. The van der Waals surface area contributed by atoms with Gasteiger partial charge in [0.1, 0.15) is 16.9 Å². The van der Waals surface area contributed by atoms with E-state index in [2.05, 4.69) is 11.8 Å². The number of rotatable bonds is 6. The highest BCUT2D eigenvalue weighted by molar-refractivity contribution is 7.98. The molecule has 2 fully saturated rings. The van der Waals surface area contributed by atoms with Gasteiger partial charge in [-0.3, -0.25) is 14.5 Å². The molecule has 2 saturated heterocycles. The molecule has 10 nitrogen and oxygen atoms in total. The average molecular weight is 657 g/mol. The van der Waals surface area contributed by atoms with Crippen molar-refractivity contribution in [2.45, 2.75) is 109 Å². The van der Waals surface area contributed by atoms with E-state index in [4.69, 9.17) is 15.6 Å². The minimum Gasteiger partial charge on any atom is -0.458 e. The van der Waals surface area contributed by atoms with Crippen LogP contribution in [0.3, 0.4) is 0 Å². The van der Waals surface area contributed by atoms with Gasteiger partial charge in [-0.25, -0.2) is 4.68 Å². The summed E-state index contributed by atoms with van der Waals surface area (Å²) in [4.78, 5) is 29.1. The van der Waals surface area contributed by atoms with Gasteiger partial charge in [0.05, 0.1) is 42.0 Å². The van der Waals surface area contributed by atoms with Crippen LogP contribution in [0.2, 0.25) is 0 Å². The van der Waals surface area contributed by atoms with Crippen molar-refractivity contribution in [3.8, 4) is 5.69 Å². The standard InChI is InChI=1S/C35H52N4O6S/c1-21-9-8-14-35(6)28(38(35)15-16-40)19-27(45-31(42)20-29(41)34(4,5)33(44)23(3)32(21)43)22(2)17-25-18-30(46-7)39(37-25)26-12-10-24(36)11-13-26/h10-13,17-18,21,23,27-29,32,40-41,43H,8-9,14-16,19-20,36H2,1-7H3/b22-17+/t21-,23+,27-,28-,29-,32-,35+,38?/m0/s1. The molecule has 2 aliphatic heterocycles. The number of Topliss-reactive ketones (excluding diaryl/α,β-unsaturated/α-hetero) is 1. The number of hydrogen-bond donors (Lipinski definition) is 4. The van der Waals surface area contributed by atoms with E-state index in [0.717, 1.165) is 35.5 Å². The first-order valence-corrected chi connectivity index (χ1v) is 17.5. The van der Waals surface area contributed by atoms with Crippen LogP contribution in [0.15, 0.2) is 40.9 Å². The zero-order valence-electron chi connectivity index (χ0n) is 28.3. The van der Waals surface area contributed by atoms with Gasteiger partial charge in [-0.15, -0.1) is 11.8 Å². The van der Waals surface area contributed by atoms with Crippen molar-refractivity contribution in [2.75, 3.05) is 25.1 Å². The first-order chi connectivity index (χ1) is 21.6. The molecule has 0 amide bonds. The molecule has 0 aliphatic carbocycles. The first-order valence-electron chi connectivity index (χ1n) is 16.3. The third-order valence-electron chi connectivity index (χ3n) is 10.3. The molecule has 4 rings (SSSR count). The van der Waals surface area contributed by atoms with E-state index in [1.165, 1.54) is 0 Å². The maximum atomic E-state index is 13.5. The molecule has 2 aromatic rings. The average Bonchev–Trinajstić information content (AvgIpc) is 3.32. The van der Waals surface area contributed by atoms with Gasteiger partial charge in [0, 0.05) is 36.2 Å². The fourth-order valence-electron chi connectivity index (χ4n) is 7.02. The number of benzene rings is 1. The number of aromatic nitrogens is 2. The molecule has 0 saturated carbocycles. The third kappa shape index (κ3) is 7.71. The molecule has 254 valence electrons. The molecular formula is C35H52N4O6S. The number of carbonyl (C=O) groups is 2. The Labute approximate surface area is 277 Å². The molecule has 1 aromatic heterocycles. The van der Waals surface area contributed by atoms with Crippen LogP contribution in [0.25, 0.3) is 11.8 Å². The number of nitrogens with zero attached hydrogens (tertiary/aromatic N) is 3. The van der Waals surface area contributed by atoms with Crippen LogP contribution in [0.4, 0.5) is 5.69 Å². The highest BCUT2D eigenvalue weighted by atomic mass is 32.2. The van der Waals surface area contributed by atoms with Gasteiger partial charge in [-0.05, 0) is 80.8 Å². The molecule has 1 aromatic carbocycles. The fourth-order valence-corrected chi connectivity index (χ4v) is 7.57. The summed E-state index contributed by atoms with van der Waals surface area (Å²) in [6, 6.07) is 9.53. The van der Waals surface area contributed by atoms with Crippen molar-refractivity contribution in [1.82, 2.24) is 14.7 Å². The second-order valence-corrected chi connectivity index (χ2v) is 14.8. The van der Waals surface area contributed by atoms with E-state index in [1.807, 2.05) is 61.2 Å². The van der Waals surface area contributed by atoms with Crippen LogP contribution < -0.4 is 5.73 Å². The summed E-state index contributed by atoms with van der Waals surface area (Å²) in [5.41, 5.74) is 7.48. The van der Waals surface area contributed by atoms with E-state index in [0.29, 0.717) is 24.3 Å². The number of aliphatic hydroxyl groups is 3. The Hall–Kier alpha value is -2.70. The number of fused-ring (bicyclic) bond motifs is 1. The van der Waals surface area contributed by atoms with Crippen LogP contribution in [-0.2, 0) is 14.3 Å². The SMILES string of the molecule is CSc1cc(/C=C(\C)[C@@H]2C[C@@H]3N(CCO)[C@]3(C)CCC[C@H](C)[C@H](O)[C@@H](C)C(=O)C(C)(C)[C@@H](O)CC(=O)O2)nn1-c1ccc(N)cc1. The van der Waals surface area contributed by atoms with Crippen LogP contribution in [-0.4, -0.2) is 91.1 Å². The molecule has 46 heavy (non-hydrogen) atoms. The van der Waals surface area contributed by atoms with E-state index >= 15 is 0 Å². The van der Waals surface area contributed by atoms with Gasteiger partial charge in [-0.1, -0.05) is 34.1 Å². The summed E-state index contributed by atoms with van der Waals surface area (Å²) in [5.74, 6) is -1.70. The van der Waals surface area contributed by atoms with E-state index in [9.17, 15) is 24.9 Å². The predicted octanol–water partition coefficient (Wildman–Crippen LogP) is 4.48. The molecule has 0 radical (unpaired) electrons. The Morgan fingerprint density at radius 1 is 1.17 bits per heavy atom. The van der Waals surface area contributed by atoms with Crippen molar-refractivity contribution >= 4 is 35.3 Å². The quantitative estimate of drug-likeness (QED) is 0.152. The Bertz CT molecular complexity index is 1410. The van der Waals surface area contributed by atoms with Crippen molar-refractivity contribution in [3.63, 3.8) is 0 Å². The largest absolute Gasteiger partial charge is 0.458 e. The number of ketones is 1. The number of ether oxygens (including phenoxy) is 1. The summed E-state index contributed by atoms with van der Waals surface area (Å²) in [5, 5.41) is 37.8. The third-order valence-corrected chi connectivity index (χ3v) is 11.0. The zero-order valence-corrected chi connectivity index (χ0v) is 29.1. The number of aliphatic hydroxyl groups excluding tert-OH is 3. The summed E-state index contributed by atoms with van der Waals surface area (Å²) < 4.78 is 7.96. The van der Waals surface area contributed by atoms with Crippen molar-refractivity contribution in [2.24, 2.45) is 17.3 Å². The number of carbonyl (C=O) groups excluding carboxylic acids is 2. The van der Waals surface area contributed by atoms with Gasteiger partial charge in [0.2, 0.25) is 0 Å². The smallest absolute Gasteiger partial charge is 0.309 e. The Morgan fingerprint density at radius 3 is 2.48 bits per heavy atom. The number of nitrogens with two attached hydrogens (primary N) is 1. The van der Waals surface area contributed by atoms with Crippen LogP contribution in [0.5, 0.6) is 0 Å². The highest BCUT2D eigenvalue weighted by Gasteiger charge is 2.58. The lowest BCUT2D eigenvalue weighted by Crippen LogP contribution is -2.45. The summed E-state index contributed by atoms with van der Waals surface area (Å²) in [6.07, 6.45) is 3.72. The van der Waals surface area contributed by atoms with E-state index in [1.54, 1.807) is 32.5 Å². The number of cyclic esters (lactones) is 1. The molecule has 11 heteroatoms. The Morgan fingerprint density at radius 2 is 1.85 bits per heavy atom. The summed E-state index contributed by atoms with van der Waals surface area (Å²) >= 11 is 1.57. The number of hydrogen-bond acceptors (Lipinski definition) is 10. The lowest BCUT2D eigenvalue weighted by molar-refractivity contribution is -0.154. The van der Waals surface area contributed by atoms with Crippen molar-refractivity contribution in [3.05, 3.63) is 41.6 Å². The van der Waals surface area contributed by atoms with Gasteiger partial charge >= 0.3 is 5.97 Å². The molecule has 0 bridgehead atoms. The molecule has 0 spiro atoms. The number of anilines is 1. The van der Waals surface area contributed by atoms with Crippen LogP contribution in [0, 0.1) is 17.3 Å². The minimum absolute atomic E-state index is 0.0153. The molecule has 3 heterocycles. The van der Waals surface area contributed by atoms with Gasteiger partial charge in [0.15, 0.2) is 0 Å². The van der Waals surface area contributed by atoms with Crippen LogP contribution in [0.1, 0.15) is 79.3 Å². The predicted molar refractivity (Wildman–Crippen MR) is 181 cm³/mol. The first kappa shape index (κ1) is 36.1. The number of β-amino-alcohol motifs (C(OH)–C–C–N with tert-alkyl or cyclic N) is 1. The normalized spacial score (nSPS) is 32.9. The van der Waals surface area contributed by atoms with Crippen molar-refractivity contribution in [1.29, 1.82) is 0 Å². The summed E-state index contributed by atoms with van der Waals surface area (Å²) in [6.45, 7) is 11.5. The van der Waals surface area contributed by atoms with Gasteiger partial charge < -0.3 is 25.8 Å². The number of thioether (sulfide) groups is 1. The highest BCUT2D eigenvalue weighted by Crippen LogP contribution is 2.48. The zero-order chi connectivity index (χ0) is 34.0. The molecule has 1 unspecified atom stereocenters. The second-order valence-electron chi connectivity index (χ2n) is 14.0. The fraction of sp³-hybridized carbons (Fsp3) is 0.629. The maximum absolute atomic E-state index is 13.5. The van der Waals surface area contributed by atoms with Gasteiger partial charge in [-0.2, -0.15) is 5.10 Å². The molecule has 5 N–H and O–H groups in total. The van der Waals surface area contributed by atoms with Crippen LogP contribution >= 0.6 is 11.8 Å². The second kappa shape index (κ2) is 14.6.